The van der Waals surface area contributed by atoms with Crippen molar-refractivity contribution in [3.8, 4) is 0 Å². The zero-order chi connectivity index (χ0) is 18.3. The van der Waals surface area contributed by atoms with Crippen LogP contribution in [-0.4, -0.2) is 11.8 Å². The van der Waals surface area contributed by atoms with Gasteiger partial charge in [-0.25, -0.2) is 0 Å². The Hall–Kier alpha value is -2.66. The van der Waals surface area contributed by atoms with Crippen LogP contribution >= 0.6 is 11.3 Å². The number of anilines is 1. The van der Waals surface area contributed by atoms with Gasteiger partial charge in [0.05, 0.1) is 5.56 Å². The Balaban J connectivity index is 1.73. The summed E-state index contributed by atoms with van der Waals surface area (Å²) >= 11 is 1.49. The van der Waals surface area contributed by atoms with Crippen molar-refractivity contribution < 1.29 is 9.59 Å². The first kappa shape index (κ1) is 16.8. The van der Waals surface area contributed by atoms with E-state index in [9.17, 15) is 9.59 Å². The van der Waals surface area contributed by atoms with Gasteiger partial charge in [-0.15, -0.1) is 11.3 Å². The molecule has 132 valence electrons. The number of amides is 2. The molecule has 0 radical (unpaired) electrons. The Morgan fingerprint density at radius 3 is 2.73 bits per heavy atom. The van der Waals surface area contributed by atoms with Crippen molar-refractivity contribution in [2.75, 3.05) is 5.32 Å². The second-order valence-electron chi connectivity index (χ2n) is 6.90. The van der Waals surface area contributed by atoms with Crippen molar-refractivity contribution in [3.05, 3.63) is 64.0 Å². The first-order chi connectivity index (χ1) is 12.5. The van der Waals surface area contributed by atoms with Gasteiger partial charge < -0.3 is 11.1 Å². The fourth-order valence-corrected chi connectivity index (χ4v) is 5.10. The number of primary amides is 1. The molecule has 0 bridgehead atoms. The van der Waals surface area contributed by atoms with E-state index in [1.807, 2.05) is 36.4 Å². The summed E-state index contributed by atoms with van der Waals surface area (Å²) in [7, 11) is 0. The van der Waals surface area contributed by atoms with Crippen LogP contribution < -0.4 is 11.1 Å². The van der Waals surface area contributed by atoms with Gasteiger partial charge in [-0.05, 0) is 47.6 Å². The van der Waals surface area contributed by atoms with Gasteiger partial charge in [-0.2, -0.15) is 0 Å². The maximum Gasteiger partial charge on any atom is 0.256 e. The molecular weight excluding hydrogens is 344 g/mol. The molecule has 0 fully saturated rings. The van der Waals surface area contributed by atoms with Crippen LogP contribution in [0.4, 0.5) is 5.00 Å². The maximum absolute atomic E-state index is 12.9. The molecule has 5 heteroatoms. The molecular formula is C21H20N2O2S. The lowest BCUT2D eigenvalue weighted by Gasteiger charge is -2.18. The minimum absolute atomic E-state index is 0.212. The highest BCUT2D eigenvalue weighted by atomic mass is 32.1. The van der Waals surface area contributed by atoms with E-state index in [1.165, 1.54) is 16.2 Å². The Kier molecular flexibility index (Phi) is 4.24. The maximum atomic E-state index is 12.9. The van der Waals surface area contributed by atoms with Gasteiger partial charge in [0, 0.05) is 10.4 Å². The highest BCUT2D eigenvalue weighted by Crippen LogP contribution is 2.39. The number of fused-ring (bicyclic) bond motifs is 2. The first-order valence-corrected chi connectivity index (χ1v) is 9.59. The van der Waals surface area contributed by atoms with Crippen LogP contribution in [0.2, 0.25) is 0 Å². The van der Waals surface area contributed by atoms with Crippen molar-refractivity contribution in [2.45, 2.75) is 26.2 Å². The number of thiophene rings is 1. The second-order valence-corrected chi connectivity index (χ2v) is 8.01. The summed E-state index contributed by atoms with van der Waals surface area (Å²) in [5.74, 6) is -0.0929. The summed E-state index contributed by atoms with van der Waals surface area (Å²) in [6.07, 6.45) is 2.82. The van der Waals surface area contributed by atoms with E-state index < -0.39 is 5.91 Å². The van der Waals surface area contributed by atoms with Crippen molar-refractivity contribution in [2.24, 2.45) is 11.7 Å². The average molecular weight is 364 g/mol. The Morgan fingerprint density at radius 1 is 1.15 bits per heavy atom. The van der Waals surface area contributed by atoms with Crippen molar-refractivity contribution in [1.82, 2.24) is 0 Å². The van der Waals surface area contributed by atoms with Crippen molar-refractivity contribution >= 4 is 38.9 Å². The normalized spacial score (nSPS) is 16.3. The fraction of sp³-hybridized carbons (Fsp3) is 0.238. The molecule has 0 saturated carbocycles. The molecule has 1 aliphatic carbocycles. The van der Waals surface area contributed by atoms with Gasteiger partial charge in [0.25, 0.3) is 11.8 Å². The third kappa shape index (κ3) is 2.88. The van der Waals surface area contributed by atoms with Crippen LogP contribution in [0.25, 0.3) is 10.8 Å². The Bertz CT molecular complexity index is 1020. The zero-order valence-corrected chi connectivity index (χ0v) is 15.4. The van der Waals surface area contributed by atoms with Crippen LogP contribution in [0.15, 0.2) is 42.5 Å². The lowest BCUT2D eigenvalue weighted by atomic mass is 9.88. The van der Waals surface area contributed by atoms with E-state index in [-0.39, 0.29) is 5.91 Å². The summed E-state index contributed by atoms with van der Waals surface area (Å²) in [6.45, 7) is 2.21. The monoisotopic (exact) mass is 364 g/mol. The number of carbonyl (C=O) groups excluding carboxylic acids is 2. The average Bonchev–Trinajstić information content (AvgIpc) is 2.98. The Labute approximate surface area is 156 Å². The molecule has 0 aliphatic heterocycles. The molecule has 1 aliphatic rings. The van der Waals surface area contributed by atoms with Crippen LogP contribution in [-0.2, 0) is 12.8 Å². The summed E-state index contributed by atoms with van der Waals surface area (Å²) in [5, 5.41) is 5.43. The summed E-state index contributed by atoms with van der Waals surface area (Å²) in [5.41, 5.74) is 7.75. The standard InChI is InChI=1S/C21H20N2O2S/c1-12-9-10-16-17(11-12)26-21(18(16)19(22)24)23-20(25)15-8-4-6-13-5-2-3-7-14(13)15/h2-8,12H,9-11H2,1H3,(H2,22,24)(H,23,25)/t12-/m1/s1. The van der Waals surface area contributed by atoms with E-state index in [4.69, 9.17) is 5.73 Å². The van der Waals surface area contributed by atoms with Gasteiger partial charge in [-0.3, -0.25) is 9.59 Å². The second kappa shape index (κ2) is 6.57. The summed E-state index contributed by atoms with van der Waals surface area (Å²) < 4.78 is 0. The highest BCUT2D eigenvalue weighted by Gasteiger charge is 2.27. The van der Waals surface area contributed by atoms with E-state index in [2.05, 4.69) is 12.2 Å². The molecule has 1 aromatic heterocycles. The number of hydrogen-bond acceptors (Lipinski definition) is 3. The molecule has 3 N–H and O–H groups in total. The van der Waals surface area contributed by atoms with Gasteiger partial charge in [-0.1, -0.05) is 43.3 Å². The van der Waals surface area contributed by atoms with Gasteiger partial charge in [0.2, 0.25) is 0 Å². The molecule has 0 saturated heterocycles. The minimum atomic E-state index is -0.467. The zero-order valence-electron chi connectivity index (χ0n) is 14.5. The first-order valence-electron chi connectivity index (χ1n) is 8.78. The molecule has 4 nitrogen and oxygen atoms in total. The van der Waals surface area contributed by atoms with E-state index >= 15 is 0 Å². The topological polar surface area (TPSA) is 72.2 Å². The van der Waals surface area contributed by atoms with Gasteiger partial charge in [0.1, 0.15) is 5.00 Å². The number of nitrogens with one attached hydrogen (secondary N) is 1. The summed E-state index contributed by atoms with van der Waals surface area (Å²) in [4.78, 5) is 26.1. The molecule has 0 spiro atoms. The fourth-order valence-electron chi connectivity index (χ4n) is 3.69. The van der Waals surface area contributed by atoms with Crippen molar-refractivity contribution in [1.29, 1.82) is 0 Å². The molecule has 2 amide bonds. The SMILES string of the molecule is C[C@@H]1CCc2c(sc(NC(=O)c3cccc4ccccc34)c2C(N)=O)C1. The number of nitrogens with two attached hydrogens (primary N) is 1. The number of hydrogen-bond donors (Lipinski definition) is 2. The van der Waals surface area contributed by atoms with E-state index in [0.717, 1.165) is 35.6 Å². The lowest BCUT2D eigenvalue weighted by molar-refractivity contribution is 0.1000. The van der Waals surface area contributed by atoms with Crippen LogP contribution in [0, 0.1) is 5.92 Å². The van der Waals surface area contributed by atoms with Crippen LogP contribution in [0.3, 0.4) is 0 Å². The Morgan fingerprint density at radius 2 is 1.92 bits per heavy atom. The quantitative estimate of drug-likeness (QED) is 0.724. The molecule has 26 heavy (non-hydrogen) atoms. The van der Waals surface area contributed by atoms with E-state index in [1.54, 1.807) is 6.07 Å². The summed E-state index contributed by atoms with van der Waals surface area (Å²) in [6, 6.07) is 13.4. The highest BCUT2D eigenvalue weighted by molar-refractivity contribution is 7.17. The number of benzene rings is 2. The molecule has 0 unspecified atom stereocenters. The number of carbonyl (C=O) groups is 2. The van der Waals surface area contributed by atoms with E-state index in [0.29, 0.717) is 22.0 Å². The third-order valence-corrected chi connectivity index (χ3v) is 6.19. The predicted octanol–water partition coefficient (Wildman–Crippen LogP) is 4.38. The lowest BCUT2D eigenvalue weighted by Crippen LogP contribution is -2.19. The largest absolute Gasteiger partial charge is 0.365 e. The van der Waals surface area contributed by atoms with Crippen molar-refractivity contribution in [3.63, 3.8) is 0 Å². The molecule has 1 atom stereocenters. The molecule has 1 heterocycles. The smallest absolute Gasteiger partial charge is 0.256 e. The van der Waals surface area contributed by atoms with Gasteiger partial charge in [0.15, 0.2) is 0 Å². The predicted molar refractivity (Wildman–Crippen MR) is 106 cm³/mol. The molecule has 2 aromatic carbocycles. The minimum Gasteiger partial charge on any atom is -0.365 e. The molecule has 4 rings (SSSR count). The molecule has 3 aromatic rings. The third-order valence-electron chi connectivity index (χ3n) is 5.02. The van der Waals surface area contributed by atoms with Gasteiger partial charge >= 0.3 is 0 Å². The van der Waals surface area contributed by atoms with Crippen LogP contribution in [0.1, 0.15) is 44.5 Å². The van der Waals surface area contributed by atoms with Crippen LogP contribution in [0.5, 0.6) is 0 Å². The number of rotatable bonds is 3.